The standard InChI is InChI=1S/C15H25N5O/c1-5-19-6-8-20(9-7-19)13(21)12-10-16-14(17-11-12)18-15(2,3)4/h10-11H,5-9H2,1-4H3,(H,16,17,18). The molecule has 1 aliphatic heterocycles. The van der Waals surface area contributed by atoms with Gasteiger partial charge in [0.1, 0.15) is 0 Å². The van der Waals surface area contributed by atoms with Crippen LogP contribution >= 0.6 is 0 Å². The zero-order valence-electron chi connectivity index (χ0n) is 13.4. The number of amides is 1. The smallest absolute Gasteiger partial charge is 0.257 e. The van der Waals surface area contributed by atoms with Crippen molar-refractivity contribution in [3.63, 3.8) is 0 Å². The van der Waals surface area contributed by atoms with Gasteiger partial charge in [0.25, 0.3) is 5.91 Å². The van der Waals surface area contributed by atoms with E-state index in [1.807, 2.05) is 25.7 Å². The first kappa shape index (κ1) is 15.7. The molecule has 1 aromatic heterocycles. The summed E-state index contributed by atoms with van der Waals surface area (Å²) in [5.41, 5.74) is 0.460. The largest absolute Gasteiger partial charge is 0.350 e. The van der Waals surface area contributed by atoms with Crippen LogP contribution in [0.1, 0.15) is 38.1 Å². The third-order valence-electron chi connectivity index (χ3n) is 3.49. The fourth-order valence-electron chi connectivity index (χ4n) is 2.29. The number of rotatable bonds is 3. The molecular weight excluding hydrogens is 266 g/mol. The van der Waals surface area contributed by atoms with Gasteiger partial charge in [0.2, 0.25) is 5.95 Å². The van der Waals surface area contributed by atoms with Gasteiger partial charge in [-0.05, 0) is 27.3 Å². The van der Waals surface area contributed by atoms with Crippen molar-refractivity contribution in [3.05, 3.63) is 18.0 Å². The molecule has 1 amide bonds. The van der Waals surface area contributed by atoms with Gasteiger partial charge in [0.05, 0.1) is 5.56 Å². The predicted molar refractivity (Wildman–Crippen MR) is 83.4 cm³/mol. The summed E-state index contributed by atoms with van der Waals surface area (Å²) in [4.78, 5) is 25.1. The number of likely N-dealkylation sites (N-methyl/N-ethyl adjacent to an activating group) is 1. The highest BCUT2D eigenvalue weighted by molar-refractivity contribution is 5.93. The lowest BCUT2D eigenvalue weighted by Gasteiger charge is -2.34. The minimum Gasteiger partial charge on any atom is -0.350 e. The van der Waals surface area contributed by atoms with Gasteiger partial charge < -0.3 is 15.1 Å². The van der Waals surface area contributed by atoms with E-state index in [9.17, 15) is 4.79 Å². The lowest BCUT2D eigenvalue weighted by Crippen LogP contribution is -2.48. The van der Waals surface area contributed by atoms with Gasteiger partial charge in [0, 0.05) is 44.1 Å². The van der Waals surface area contributed by atoms with Gasteiger partial charge in [-0.3, -0.25) is 4.79 Å². The van der Waals surface area contributed by atoms with Crippen LogP contribution in [0, 0.1) is 0 Å². The first-order valence-electron chi connectivity index (χ1n) is 7.51. The molecule has 0 bridgehead atoms. The lowest BCUT2D eigenvalue weighted by molar-refractivity contribution is 0.0642. The average molecular weight is 291 g/mol. The Bertz CT molecular complexity index is 472. The average Bonchev–Trinajstić information content (AvgIpc) is 2.46. The third kappa shape index (κ3) is 4.39. The molecule has 2 rings (SSSR count). The summed E-state index contributed by atoms with van der Waals surface area (Å²) in [6, 6.07) is 0. The summed E-state index contributed by atoms with van der Waals surface area (Å²) in [6.07, 6.45) is 3.21. The van der Waals surface area contributed by atoms with E-state index < -0.39 is 0 Å². The van der Waals surface area contributed by atoms with E-state index in [2.05, 4.69) is 27.1 Å². The van der Waals surface area contributed by atoms with E-state index >= 15 is 0 Å². The Kier molecular flexibility index (Phi) is 4.77. The van der Waals surface area contributed by atoms with E-state index in [0.717, 1.165) is 32.7 Å². The fraction of sp³-hybridized carbons (Fsp3) is 0.667. The van der Waals surface area contributed by atoms with Crippen LogP contribution in [0.5, 0.6) is 0 Å². The Morgan fingerprint density at radius 1 is 1.19 bits per heavy atom. The van der Waals surface area contributed by atoms with E-state index in [0.29, 0.717) is 11.5 Å². The van der Waals surface area contributed by atoms with Crippen LogP contribution in [-0.4, -0.2) is 63.9 Å². The molecule has 1 aromatic rings. The normalized spacial score (nSPS) is 16.9. The molecule has 0 atom stereocenters. The molecule has 21 heavy (non-hydrogen) atoms. The highest BCUT2D eigenvalue weighted by Gasteiger charge is 2.22. The van der Waals surface area contributed by atoms with Gasteiger partial charge in [0.15, 0.2) is 0 Å². The molecule has 0 radical (unpaired) electrons. The summed E-state index contributed by atoms with van der Waals surface area (Å²) < 4.78 is 0. The molecule has 0 saturated carbocycles. The topological polar surface area (TPSA) is 61.4 Å². The number of hydrogen-bond donors (Lipinski definition) is 1. The van der Waals surface area contributed by atoms with E-state index in [1.54, 1.807) is 12.4 Å². The number of carbonyl (C=O) groups is 1. The molecule has 116 valence electrons. The fourth-order valence-corrected chi connectivity index (χ4v) is 2.29. The second-order valence-corrected chi connectivity index (χ2v) is 6.40. The van der Waals surface area contributed by atoms with E-state index in [4.69, 9.17) is 0 Å². The molecule has 0 spiro atoms. The number of hydrogen-bond acceptors (Lipinski definition) is 5. The maximum absolute atomic E-state index is 12.4. The Balaban J connectivity index is 1.97. The zero-order chi connectivity index (χ0) is 15.5. The highest BCUT2D eigenvalue weighted by atomic mass is 16.2. The van der Waals surface area contributed by atoms with Gasteiger partial charge in [-0.1, -0.05) is 6.92 Å². The molecule has 0 aromatic carbocycles. The number of piperazine rings is 1. The number of nitrogens with zero attached hydrogens (tertiary/aromatic N) is 4. The number of aromatic nitrogens is 2. The van der Waals surface area contributed by atoms with Crippen molar-refractivity contribution in [2.24, 2.45) is 0 Å². The molecule has 6 nitrogen and oxygen atoms in total. The maximum Gasteiger partial charge on any atom is 0.257 e. The highest BCUT2D eigenvalue weighted by Crippen LogP contribution is 2.11. The summed E-state index contributed by atoms with van der Waals surface area (Å²) >= 11 is 0. The van der Waals surface area contributed by atoms with Gasteiger partial charge in [-0.25, -0.2) is 9.97 Å². The molecule has 1 fully saturated rings. The quantitative estimate of drug-likeness (QED) is 0.913. The van der Waals surface area contributed by atoms with Crippen molar-refractivity contribution < 1.29 is 4.79 Å². The van der Waals surface area contributed by atoms with Crippen molar-refractivity contribution in [2.45, 2.75) is 33.2 Å². The first-order valence-corrected chi connectivity index (χ1v) is 7.51. The van der Waals surface area contributed by atoms with Crippen LogP contribution in [0.3, 0.4) is 0 Å². The van der Waals surface area contributed by atoms with Crippen molar-refractivity contribution in [1.29, 1.82) is 0 Å². The molecular formula is C15H25N5O. The molecule has 1 N–H and O–H groups in total. The minimum absolute atomic E-state index is 0.0214. The second-order valence-electron chi connectivity index (χ2n) is 6.40. The van der Waals surface area contributed by atoms with Crippen LogP contribution in [0.4, 0.5) is 5.95 Å². The van der Waals surface area contributed by atoms with Crippen LogP contribution in [-0.2, 0) is 0 Å². The first-order chi connectivity index (χ1) is 9.89. The Hall–Kier alpha value is -1.69. The molecule has 1 aliphatic rings. The third-order valence-corrected chi connectivity index (χ3v) is 3.49. The summed E-state index contributed by atoms with van der Waals surface area (Å²) in [5, 5.41) is 3.19. The van der Waals surface area contributed by atoms with Crippen LogP contribution < -0.4 is 5.32 Å². The van der Waals surface area contributed by atoms with Gasteiger partial charge >= 0.3 is 0 Å². The number of carbonyl (C=O) groups excluding carboxylic acids is 1. The van der Waals surface area contributed by atoms with Crippen LogP contribution in [0.25, 0.3) is 0 Å². The molecule has 1 saturated heterocycles. The predicted octanol–water partition coefficient (Wildman–Crippen LogP) is 1.46. The van der Waals surface area contributed by atoms with Crippen molar-refractivity contribution in [3.8, 4) is 0 Å². The van der Waals surface area contributed by atoms with E-state index in [1.165, 1.54) is 0 Å². The van der Waals surface area contributed by atoms with Gasteiger partial charge in [-0.2, -0.15) is 0 Å². The van der Waals surface area contributed by atoms with Gasteiger partial charge in [-0.15, -0.1) is 0 Å². The maximum atomic E-state index is 12.4. The Morgan fingerprint density at radius 2 is 1.76 bits per heavy atom. The van der Waals surface area contributed by atoms with E-state index in [-0.39, 0.29) is 11.4 Å². The summed E-state index contributed by atoms with van der Waals surface area (Å²) in [6.45, 7) is 12.7. The summed E-state index contributed by atoms with van der Waals surface area (Å²) in [7, 11) is 0. The number of anilines is 1. The van der Waals surface area contributed by atoms with Crippen LogP contribution in [0.15, 0.2) is 12.4 Å². The molecule has 0 unspecified atom stereocenters. The van der Waals surface area contributed by atoms with Crippen molar-refractivity contribution in [1.82, 2.24) is 19.8 Å². The minimum atomic E-state index is -0.0952. The zero-order valence-corrected chi connectivity index (χ0v) is 13.4. The summed E-state index contributed by atoms with van der Waals surface area (Å²) in [5.74, 6) is 0.572. The molecule has 2 heterocycles. The SMILES string of the molecule is CCN1CCN(C(=O)c2cnc(NC(C)(C)C)nc2)CC1. The second kappa shape index (κ2) is 6.39. The van der Waals surface area contributed by atoms with Crippen molar-refractivity contribution in [2.75, 3.05) is 38.0 Å². The lowest BCUT2D eigenvalue weighted by atomic mass is 10.1. The number of nitrogens with one attached hydrogen (secondary N) is 1. The molecule has 0 aliphatic carbocycles. The Labute approximate surface area is 126 Å². The molecule has 6 heteroatoms. The van der Waals surface area contributed by atoms with Crippen molar-refractivity contribution >= 4 is 11.9 Å². The monoisotopic (exact) mass is 291 g/mol. The Morgan fingerprint density at radius 3 is 2.24 bits per heavy atom. The van der Waals surface area contributed by atoms with Crippen LogP contribution in [0.2, 0.25) is 0 Å².